The van der Waals surface area contributed by atoms with Gasteiger partial charge >= 0.3 is 11.5 Å². The third-order valence-electron chi connectivity index (χ3n) is 5.22. The van der Waals surface area contributed by atoms with Crippen LogP contribution in [0.4, 0.5) is 23.7 Å². The Morgan fingerprint density at radius 2 is 1.91 bits per heavy atom. The Labute approximate surface area is 195 Å². The van der Waals surface area contributed by atoms with E-state index in [4.69, 9.17) is 0 Å². The van der Waals surface area contributed by atoms with Crippen LogP contribution in [-0.2, 0) is 16.1 Å². The summed E-state index contributed by atoms with van der Waals surface area (Å²) in [5.41, 5.74) is -3.32. The van der Waals surface area contributed by atoms with Crippen molar-refractivity contribution in [1.29, 1.82) is 0 Å². The number of imide groups is 1. The number of nitrogens with one attached hydrogen (secondary N) is 3. The minimum absolute atomic E-state index is 0.0132. The summed E-state index contributed by atoms with van der Waals surface area (Å²) in [7, 11) is 0. The summed E-state index contributed by atoms with van der Waals surface area (Å²) < 4.78 is 38.6. The van der Waals surface area contributed by atoms with E-state index in [0.717, 1.165) is 5.56 Å². The van der Waals surface area contributed by atoms with Crippen LogP contribution < -0.4 is 16.0 Å². The van der Waals surface area contributed by atoms with Gasteiger partial charge < -0.3 is 20.3 Å². The number of carbonyl (C=O) groups is 3. The van der Waals surface area contributed by atoms with Gasteiger partial charge in [-0.05, 0) is 60.1 Å². The fourth-order valence-corrected chi connectivity index (χ4v) is 4.20. The van der Waals surface area contributed by atoms with Crippen LogP contribution >= 0.6 is 11.8 Å². The molecule has 4 N–H and O–H groups in total. The van der Waals surface area contributed by atoms with Gasteiger partial charge in [0.1, 0.15) is 6.04 Å². The van der Waals surface area contributed by atoms with Crippen molar-refractivity contribution in [3.63, 3.8) is 0 Å². The second kappa shape index (κ2) is 9.29. The Kier molecular flexibility index (Phi) is 6.42. The Hall–Kier alpha value is -3.67. The molecule has 12 heteroatoms. The predicted octanol–water partition coefficient (Wildman–Crippen LogP) is 4.26. The van der Waals surface area contributed by atoms with E-state index >= 15 is 0 Å². The number of anilines is 1. The van der Waals surface area contributed by atoms with E-state index < -0.39 is 23.5 Å². The van der Waals surface area contributed by atoms with Gasteiger partial charge in [0.05, 0.1) is 0 Å². The fraction of sp³-hybridized carbons (Fsp3) is 0.227. The number of nitrogens with zero attached hydrogens (tertiary/aromatic N) is 1. The number of aromatic hydroxyl groups is 1. The number of carbonyl (C=O) groups excluding carboxylic acids is 3. The maximum absolute atomic E-state index is 12.4. The van der Waals surface area contributed by atoms with E-state index in [1.807, 2.05) is 0 Å². The lowest BCUT2D eigenvalue weighted by atomic mass is 10.1. The average Bonchev–Trinajstić information content (AvgIpc) is 3.08. The normalized spacial score (nSPS) is 16.4. The molecule has 1 aromatic heterocycles. The SMILES string of the molecule is O=C1CCC(n2cc3cc(CNC(=O)Nc4ccc(SC(F)(F)F)cc4)ccc3c2O)C(=O)N1. The standard InChI is InChI=1S/C22H19F3N4O4S/c23-22(24,25)34-15-4-2-14(3-5-15)27-21(33)26-10-12-1-6-16-13(9-12)11-29(20(16)32)17-7-8-18(30)28-19(17)31/h1-6,9,11,17,32H,7-8,10H2,(H2,26,27,33)(H,28,30,31). The molecule has 0 saturated carbocycles. The highest BCUT2D eigenvalue weighted by molar-refractivity contribution is 8.00. The molecule has 0 bridgehead atoms. The number of alkyl halides is 3. The molecule has 34 heavy (non-hydrogen) atoms. The highest BCUT2D eigenvalue weighted by Crippen LogP contribution is 2.37. The number of hydrogen-bond donors (Lipinski definition) is 4. The predicted molar refractivity (Wildman–Crippen MR) is 119 cm³/mol. The van der Waals surface area contributed by atoms with Crippen molar-refractivity contribution in [2.45, 2.75) is 35.8 Å². The number of hydrogen-bond acceptors (Lipinski definition) is 5. The van der Waals surface area contributed by atoms with Crippen LogP contribution in [0.5, 0.6) is 5.88 Å². The highest BCUT2D eigenvalue weighted by atomic mass is 32.2. The van der Waals surface area contributed by atoms with E-state index in [9.17, 15) is 32.7 Å². The van der Waals surface area contributed by atoms with Crippen LogP contribution in [0.1, 0.15) is 24.4 Å². The van der Waals surface area contributed by atoms with Gasteiger partial charge in [0, 0.05) is 40.5 Å². The summed E-state index contributed by atoms with van der Waals surface area (Å²) >= 11 is -0.236. The summed E-state index contributed by atoms with van der Waals surface area (Å²) in [5, 5.41) is 19.2. The summed E-state index contributed by atoms with van der Waals surface area (Å²) in [6.45, 7) is 0.147. The number of urea groups is 1. The van der Waals surface area contributed by atoms with Gasteiger partial charge in [0.25, 0.3) is 0 Å². The Bertz CT molecular complexity index is 1260. The molecule has 1 aliphatic rings. The van der Waals surface area contributed by atoms with E-state index in [0.29, 0.717) is 16.5 Å². The molecule has 2 aromatic carbocycles. The molecule has 3 aromatic rings. The number of thioether (sulfide) groups is 1. The van der Waals surface area contributed by atoms with Crippen LogP contribution in [0.25, 0.3) is 10.8 Å². The third kappa shape index (κ3) is 5.45. The van der Waals surface area contributed by atoms with Gasteiger partial charge in [-0.2, -0.15) is 13.2 Å². The van der Waals surface area contributed by atoms with E-state index in [2.05, 4.69) is 16.0 Å². The first-order chi connectivity index (χ1) is 16.1. The van der Waals surface area contributed by atoms with Gasteiger partial charge in [0.15, 0.2) is 5.88 Å². The van der Waals surface area contributed by atoms with Gasteiger partial charge in [-0.1, -0.05) is 6.07 Å². The van der Waals surface area contributed by atoms with Crippen molar-refractivity contribution in [2.75, 3.05) is 5.32 Å². The largest absolute Gasteiger partial charge is 0.494 e. The molecular weight excluding hydrogens is 473 g/mol. The van der Waals surface area contributed by atoms with Gasteiger partial charge in [0.2, 0.25) is 11.8 Å². The molecule has 178 valence electrons. The van der Waals surface area contributed by atoms with Gasteiger partial charge in [-0.3, -0.25) is 14.9 Å². The molecule has 1 saturated heterocycles. The molecule has 1 aliphatic heterocycles. The van der Waals surface area contributed by atoms with Crippen molar-refractivity contribution in [1.82, 2.24) is 15.2 Å². The number of rotatable bonds is 5. The van der Waals surface area contributed by atoms with Crippen molar-refractivity contribution >= 4 is 46.1 Å². The zero-order chi connectivity index (χ0) is 24.5. The Morgan fingerprint density at radius 3 is 2.59 bits per heavy atom. The third-order valence-corrected chi connectivity index (χ3v) is 5.96. The second-order valence-corrected chi connectivity index (χ2v) is 8.77. The molecule has 8 nitrogen and oxygen atoms in total. The molecule has 4 rings (SSSR count). The molecule has 0 radical (unpaired) electrons. The van der Waals surface area contributed by atoms with Crippen LogP contribution in [-0.4, -0.2) is 33.0 Å². The van der Waals surface area contributed by atoms with Crippen molar-refractivity contribution in [2.24, 2.45) is 0 Å². The first-order valence-electron chi connectivity index (χ1n) is 10.2. The highest BCUT2D eigenvalue weighted by Gasteiger charge is 2.30. The number of fused-ring (bicyclic) bond motifs is 1. The topological polar surface area (TPSA) is 112 Å². The number of piperidine rings is 1. The maximum Gasteiger partial charge on any atom is 0.446 e. The first kappa shape index (κ1) is 23.5. The summed E-state index contributed by atoms with van der Waals surface area (Å²) in [5.74, 6) is -0.912. The van der Waals surface area contributed by atoms with Crippen LogP contribution in [0.2, 0.25) is 0 Å². The lowest BCUT2D eigenvalue weighted by Crippen LogP contribution is -2.41. The van der Waals surface area contributed by atoms with Crippen LogP contribution in [0, 0.1) is 0 Å². The molecule has 0 spiro atoms. The quantitative estimate of drug-likeness (QED) is 0.314. The zero-order valence-corrected chi connectivity index (χ0v) is 18.3. The molecule has 0 aliphatic carbocycles. The van der Waals surface area contributed by atoms with Crippen molar-refractivity contribution < 1.29 is 32.7 Å². The van der Waals surface area contributed by atoms with Crippen molar-refractivity contribution in [3.8, 4) is 5.88 Å². The Morgan fingerprint density at radius 1 is 1.18 bits per heavy atom. The molecular formula is C22H19F3N4O4S. The number of aromatic nitrogens is 1. The van der Waals surface area contributed by atoms with Crippen LogP contribution in [0.15, 0.2) is 53.6 Å². The summed E-state index contributed by atoms with van der Waals surface area (Å²) in [6.07, 6.45) is 2.08. The monoisotopic (exact) mass is 492 g/mol. The summed E-state index contributed by atoms with van der Waals surface area (Å²) in [4.78, 5) is 35.7. The Balaban J connectivity index is 1.38. The summed E-state index contributed by atoms with van der Waals surface area (Å²) in [6, 6.07) is 9.17. The number of amides is 4. The molecule has 4 amide bonds. The van der Waals surface area contributed by atoms with E-state index in [-0.39, 0.29) is 47.8 Å². The van der Waals surface area contributed by atoms with Crippen LogP contribution in [0.3, 0.4) is 0 Å². The fourth-order valence-electron chi connectivity index (χ4n) is 3.67. The average molecular weight is 492 g/mol. The molecule has 1 unspecified atom stereocenters. The lowest BCUT2D eigenvalue weighted by Gasteiger charge is -2.22. The smallest absolute Gasteiger partial charge is 0.446 e. The lowest BCUT2D eigenvalue weighted by molar-refractivity contribution is -0.135. The minimum atomic E-state index is -4.38. The molecule has 2 heterocycles. The van der Waals surface area contributed by atoms with E-state index in [1.165, 1.54) is 28.8 Å². The van der Waals surface area contributed by atoms with Gasteiger partial charge in [-0.15, -0.1) is 0 Å². The van der Waals surface area contributed by atoms with E-state index in [1.54, 1.807) is 24.4 Å². The zero-order valence-electron chi connectivity index (χ0n) is 17.5. The molecule has 1 atom stereocenters. The first-order valence-corrected chi connectivity index (χ1v) is 11.0. The van der Waals surface area contributed by atoms with Gasteiger partial charge in [-0.25, -0.2) is 4.79 Å². The minimum Gasteiger partial charge on any atom is -0.494 e. The maximum atomic E-state index is 12.4. The van der Waals surface area contributed by atoms with Crippen molar-refractivity contribution in [3.05, 3.63) is 54.2 Å². The number of benzene rings is 2. The molecule has 1 fully saturated rings. The number of halogens is 3. The second-order valence-electron chi connectivity index (χ2n) is 7.63.